The van der Waals surface area contributed by atoms with E-state index in [4.69, 9.17) is 19.9 Å². The lowest BCUT2D eigenvalue weighted by Crippen LogP contribution is -2.10. The molecule has 0 unspecified atom stereocenters. The van der Waals surface area contributed by atoms with Crippen LogP contribution in [0.3, 0.4) is 0 Å². The number of hydrogen-bond acceptors (Lipinski definition) is 4. The molecule has 0 heterocycles. The topological polar surface area (TPSA) is 53.7 Å². The fourth-order valence-corrected chi connectivity index (χ4v) is 1.33. The Morgan fingerprint density at radius 3 is 2.53 bits per heavy atom. The molecule has 96 valence electrons. The summed E-state index contributed by atoms with van der Waals surface area (Å²) in [7, 11) is 0. The van der Waals surface area contributed by atoms with Gasteiger partial charge in [0.1, 0.15) is 18.1 Å². The monoisotopic (exact) mass is 239 g/mol. The molecule has 0 spiro atoms. The highest BCUT2D eigenvalue weighted by Crippen LogP contribution is 2.19. The van der Waals surface area contributed by atoms with E-state index in [1.165, 1.54) is 0 Å². The number of hydrogen-bond donors (Lipinski definition) is 1. The van der Waals surface area contributed by atoms with Gasteiger partial charge in [-0.1, -0.05) is 6.07 Å². The number of ether oxygens (including phenoxy) is 3. The van der Waals surface area contributed by atoms with Crippen molar-refractivity contribution < 1.29 is 14.2 Å². The van der Waals surface area contributed by atoms with E-state index in [0.29, 0.717) is 33.0 Å². The number of nitrogens with two attached hydrogens (primary N) is 1. The van der Waals surface area contributed by atoms with Crippen LogP contribution in [0.2, 0.25) is 0 Å². The maximum Gasteiger partial charge on any atom is 0.123 e. The second-order valence-electron chi connectivity index (χ2n) is 3.51. The van der Waals surface area contributed by atoms with Crippen LogP contribution in [0.1, 0.15) is 13.3 Å². The van der Waals surface area contributed by atoms with Crippen molar-refractivity contribution in [3.05, 3.63) is 24.3 Å². The Labute approximate surface area is 103 Å². The predicted molar refractivity (Wildman–Crippen MR) is 67.6 cm³/mol. The first-order valence-corrected chi connectivity index (χ1v) is 6.00. The van der Waals surface area contributed by atoms with Crippen molar-refractivity contribution in [1.82, 2.24) is 0 Å². The minimum Gasteiger partial charge on any atom is -0.494 e. The Balaban J connectivity index is 2.19. The second kappa shape index (κ2) is 8.84. The summed E-state index contributed by atoms with van der Waals surface area (Å²) in [5.41, 5.74) is 5.35. The van der Waals surface area contributed by atoms with E-state index in [-0.39, 0.29) is 0 Å². The Kier molecular flexibility index (Phi) is 7.18. The first-order valence-electron chi connectivity index (χ1n) is 6.00. The molecule has 0 fully saturated rings. The maximum absolute atomic E-state index is 5.54. The highest BCUT2D eigenvalue weighted by atomic mass is 16.5. The zero-order valence-corrected chi connectivity index (χ0v) is 10.4. The lowest BCUT2D eigenvalue weighted by molar-refractivity contribution is 0.0993. The van der Waals surface area contributed by atoms with Gasteiger partial charge in [0.15, 0.2) is 0 Å². The van der Waals surface area contributed by atoms with Gasteiger partial charge in [0.25, 0.3) is 0 Å². The zero-order chi connectivity index (χ0) is 12.3. The molecule has 0 atom stereocenters. The highest BCUT2D eigenvalue weighted by Gasteiger charge is 1.97. The van der Waals surface area contributed by atoms with Crippen molar-refractivity contribution >= 4 is 0 Å². The van der Waals surface area contributed by atoms with Crippen molar-refractivity contribution in [2.24, 2.45) is 5.73 Å². The molecule has 0 bridgehead atoms. The van der Waals surface area contributed by atoms with E-state index < -0.39 is 0 Å². The van der Waals surface area contributed by atoms with Crippen molar-refractivity contribution in [1.29, 1.82) is 0 Å². The van der Waals surface area contributed by atoms with E-state index in [1.807, 2.05) is 31.2 Å². The van der Waals surface area contributed by atoms with Gasteiger partial charge in [0.05, 0.1) is 13.2 Å². The first kappa shape index (κ1) is 13.8. The van der Waals surface area contributed by atoms with Gasteiger partial charge in [-0.15, -0.1) is 0 Å². The Bertz CT molecular complexity index is 304. The van der Waals surface area contributed by atoms with Crippen LogP contribution < -0.4 is 15.2 Å². The van der Waals surface area contributed by atoms with Gasteiger partial charge in [-0.05, 0) is 32.0 Å². The summed E-state index contributed by atoms with van der Waals surface area (Å²) in [6, 6.07) is 7.61. The molecule has 17 heavy (non-hydrogen) atoms. The van der Waals surface area contributed by atoms with Crippen LogP contribution in [0.4, 0.5) is 0 Å². The largest absolute Gasteiger partial charge is 0.494 e. The predicted octanol–water partition coefficient (Wildman–Crippen LogP) is 1.83. The summed E-state index contributed by atoms with van der Waals surface area (Å²) in [4.78, 5) is 0. The van der Waals surface area contributed by atoms with Crippen LogP contribution in [-0.2, 0) is 4.74 Å². The summed E-state index contributed by atoms with van der Waals surface area (Å²) in [5, 5.41) is 0. The molecule has 0 amide bonds. The molecular weight excluding hydrogens is 218 g/mol. The normalized spacial score (nSPS) is 10.2. The molecule has 0 aliphatic carbocycles. The van der Waals surface area contributed by atoms with Gasteiger partial charge in [0.2, 0.25) is 0 Å². The summed E-state index contributed by atoms with van der Waals surface area (Å²) in [6.45, 7) is 5.10. The van der Waals surface area contributed by atoms with Crippen LogP contribution >= 0.6 is 0 Å². The SMILES string of the molecule is CCOc1cccc(OCCOCCCN)c1. The molecule has 1 aromatic carbocycles. The Morgan fingerprint density at radius 2 is 1.82 bits per heavy atom. The lowest BCUT2D eigenvalue weighted by atomic mass is 10.3. The molecule has 1 rings (SSSR count). The van der Waals surface area contributed by atoms with Gasteiger partial charge in [-0.2, -0.15) is 0 Å². The summed E-state index contributed by atoms with van der Waals surface area (Å²) in [6.07, 6.45) is 0.889. The molecule has 2 N–H and O–H groups in total. The van der Waals surface area contributed by atoms with Gasteiger partial charge in [-0.3, -0.25) is 0 Å². The van der Waals surface area contributed by atoms with Gasteiger partial charge < -0.3 is 19.9 Å². The minimum atomic E-state index is 0.542. The summed E-state index contributed by atoms with van der Waals surface area (Å²) in [5.74, 6) is 1.63. The molecule has 0 saturated heterocycles. The molecule has 0 aliphatic heterocycles. The van der Waals surface area contributed by atoms with E-state index in [2.05, 4.69) is 0 Å². The first-order chi connectivity index (χ1) is 8.36. The third-order valence-corrected chi connectivity index (χ3v) is 2.11. The van der Waals surface area contributed by atoms with Crippen LogP contribution in [0.15, 0.2) is 24.3 Å². The average molecular weight is 239 g/mol. The molecule has 0 saturated carbocycles. The Hall–Kier alpha value is -1.26. The van der Waals surface area contributed by atoms with E-state index in [1.54, 1.807) is 0 Å². The standard InChI is InChI=1S/C13H21NO3/c1-2-16-12-5-3-6-13(11-12)17-10-9-15-8-4-7-14/h3,5-6,11H,2,4,7-10,14H2,1H3. The molecule has 4 heteroatoms. The van der Waals surface area contributed by atoms with Crippen molar-refractivity contribution in [2.45, 2.75) is 13.3 Å². The van der Waals surface area contributed by atoms with Gasteiger partial charge >= 0.3 is 0 Å². The number of rotatable bonds is 9. The van der Waals surface area contributed by atoms with E-state index in [0.717, 1.165) is 17.9 Å². The summed E-state index contributed by atoms with van der Waals surface area (Å²) >= 11 is 0. The zero-order valence-electron chi connectivity index (χ0n) is 10.4. The fourth-order valence-electron chi connectivity index (χ4n) is 1.33. The average Bonchev–Trinajstić information content (AvgIpc) is 2.35. The second-order valence-corrected chi connectivity index (χ2v) is 3.51. The van der Waals surface area contributed by atoms with Crippen molar-refractivity contribution in [2.75, 3.05) is 33.0 Å². The Morgan fingerprint density at radius 1 is 1.06 bits per heavy atom. The van der Waals surface area contributed by atoms with E-state index in [9.17, 15) is 0 Å². The number of benzene rings is 1. The lowest BCUT2D eigenvalue weighted by Gasteiger charge is -2.08. The minimum absolute atomic E-state index is 0.542. The molecule has 1 aromatic rings. The maximum atomic E-state index is 5.54. The van der Waals surface area contributed by atoms with Crippen LogP contribution in [0.5, 0.6) is 11.5 Å². The van der Waals surface area contributed by atoms with Crippen molar-refractivity contribution in [3.8, 4) is 11.5 Å². The van der Waals surface area contributed by atoms with E-state index >= 15 is 0 Å². The van der Waals surface area contributed by atoms with Crippen LogP contribution in [0.25, 0.3) is 0 Å². The fraction of sp³-hybridized carbons (Fsp3) is 0.538. The molecule has 0 aliphatic rings. The quantitative estimate of drug-likeness (QED) is 0.668. The molecule has 4 nitrogen and oxygen atoms in total. The third kappa shape index (κ3) is 6.14. The van der Waals surface area contributed by atoms with Gasteiger partial charge in [-0.25, -0.2) is 0 Å². The molecule has 0 radical (unpaired) electrons. The van der Waals surface area contributed by atoms with Crippen molar-refractivity contribution in [3.63, 3.8) is 0 Å². The highest BCUT2D eigenvalue weighted by molar-refractivity contribution is 5.32. The van der Waals surface area contributed by atoms with Gasteiger partial charge in [0, 0.05) is 12.7 Å². The molecule has 0 aromatic heterocycles. The summed E-state index contributed by atoms with van der Waals surface area (Å²) < 4.78 is 16.3. The van der Waals surface area contributed by atoms with Crippen LogP contribution in [-0.4, -0.2) is 33.0 Å². The smallest absolute Gasteiger partial charge is 0.123 e. The van der Waals surface area contributed by atoms with Crippen LogP contribution in [0, 0.1) is 0 Å². The third-order valence-electron chi connectivity index (χ3n) is 2.11. The molecular formula is C13H21NO3.